The molecule has 0 aromatic carbocycles. The maximum atomic E-state index is 11.7. The molecule has 0 unspecified atom stereocenters. The Morgan fingerprint density at radius 1 is 1.61 bits per heavy atom. The molecular formula is C11H13BrN2O4. The van der Waals surface area contributed by atoms with Crippen LogP contribution in [0.1, 0.15) is 25.1 Å². The molecule has 18 heavy (non-hydrogen) atoms. The van der Waals surface area contributed by atoms with Crippen LogP contribution in [0.5, 0.6) is 0 Å². The molecule has 0 spiro atoms. The summed E-state index contributed by atoms with van der Waals surface area (Å²) in [6.45, 7) is 1.74. The predicted molar refractivity (Wildman–Crippen MR) is 69.5 cm³/mol. The second kappa shape index (κ2) is 5.21. The number of aromatic nitrogens is 2. The fourth-order valence-electron chi connectivity index (χ4n) is 1.87. The second-order valence-corrected chi connectivity index (χ2v) is 4.67. The smallest absolute Gasteiger partial charge is 0.330 e. The molecule has 1 aliphatic rings. The van der Waals surface area contributed by atoms with Crippen LogP contribution in [0.4, 0.5) is 0 Å². The van der Waals surface area contributed by atoms with Gasteiger partial charge in [0.2, 0.25) is 0 Å². The van der Waals surface area contributed by atoms with E-state index in [1.165, 1.54) is 21.8 Å². The van der Waals surface area contributed by atoms with Gasteiger partial charge in [0.25, 0.3) is 5.56 Å². The molecule has 3 atom stereocenters. The molecular weight excluding hydrogens is 304 g/mol. The lowest BCUT2D eigenvalue weighted by molar-refractivity contribution is -0.0101. The third-order valence-electron chi connectivity index (χ3n) is 2.90. The van der Waals surface area contributed by atoms with Gasteiger partial charge in [0.05, 0.1) is 17.8 Å². The van der Waals surface area contributed by atoms with E-state index in [1.54, 1.807) is 6.92 Å². The van der Waals surface area contributed by atoms with E-state index in [4.69, 9.17) is 4.74 Å². The lowest BCUT2D eigenvalue weighted by atomic mass is 10.2. The fraction of sp³-hybridized carbons (Fsp3) is 0.455. The summed E-state index contributed by atoms with van der Waals surface area (Å²) in [7, 11) is 0. The molecule has 1 fully saturated rings. The fourth-order valence-corrected chi connectivity index (χ4v) is 2.16. The average Bonchev–Trinajstić information content (AvgIpc) is 2.63. The van der Waals surface area contributed by atoms with Crippen LogP contribution in [0.2, 0.25) is 0 Å². The van der Waals surface area contributed by atoms with Crippen LogP contribution in [0.3, 0.4) is 0 Å². The van der Waals surface area contributed by atoms with Crippen LogP contribution in [-0.2, 0) is 4.74 Å². The highest BCUT2D eigenvalue weighted by molar-refractivity contribution is 9.11. The molecule has 0 saturated carbocycles. The highest BCUT2D eigenvalue weighted by atomic mass is 79.9. The van der Waals surface area contributed by atoms with Crippen LogP contribution >= 0.6 is 15.9 Å². The van der Waals surface area contributed by atoms with Crippen molar-refractivity contribution in [2.45, 2.75) is 31.8 Å². The number of halogens is 1. The van der Waals surface area contributed by atoms with Crippen molar-refractivity contribution < 1.29 is 9.84 Å². The first-order valence-corrected chi connectivity index (χ1v) is 6.40. The van der Waals surface area contributed by atoms with Gasteiger partial charge < -0.3 is 9.84 Å². The molecule has 0 aliphatic carbocycles. The largest absolute Gasteiger partial charge is 0.390 e. The van der Waals surface area contributed by atoms with E-state index < -0.39 is 23.6 Å². The Morgan fingerprint density at radius 2 is 2.33 bits per heavy atom. The van der Waals surface area contributed by atoms with Gasteiger partial charge >= 0.3 is 5.69 Å². The number of ether oxygens (including phenoxy) is 1. The van der Waals surface area contributed by atoms with Crippen LogP contribution in [0.25, 0.3) is 6.08 Å². The van der Waals surface area contributed by atoms with E-state index in [9.17, 15) is 14.7 Å². The zero-order valence-corrected chi connectivity index (χ0v) is 11.3. The molecule has 0 radical (unpaired) electrons. The quantitative estimate of drug-likeness (QED) is 0.835. The summed E-state index contributed by atoms with van der Waals surface area (Å²) in [5.41, 5.74) is -0.666. The lowest BCUT2D eigenvalue weighted by Crippen LogP contribution is -2.33. The Balaban J connectivity index is 2.42. The maximum Gasteiger partial charge on any atom is 0.330 e. The number of rotatable bonds is 2. The van der Waals surface area contributed by atoms with Gasteiger partial charge in [-0.2, -0.15) is 0 Å². The summed E-state index contributed by atoms with van der Waals surface area (Å²) in [5.74, 6) is 0. The molecule has 2 rings (SSSR count). The van der Waals surface area contributed by atoms with Gasteiger partial charge in [0.15, 0.2) is 0 Å². The lowest BCUT2D eigenvalue weighted by Gasteiger charge is -2.13. The molecule has 1 aromatic rings. The number of hydrogen-bond acceptors (Lipinski definition) is 4. The third kappa shape index (κ3) is 2.47. The molecule has 2 heterocycles. The highest BCUT2D eigenvalue weighted by Crippen LogP contribution is 2.27. The van der Waals surface area contributed by atoms with Crippen molar-refractivity contribution in [3.63, 3.8) is 0 Å². The van der Waals surface area contributed by atoms with Gasteiger partial charge in [0, 0.05) is 12.6 Å². The Labute approximate surface area is 111 Å². The number of aromatic amines is 1. The summed E-state index contributed by atoms with van der Waals surface area (Å²) >= 11 is 3.07. The van der Waals surface area contributed by atoms with Crippen LogP contribution < -0.4 is 11.2 Å². The summed E-state index contributed by atoms with van der Waals surface area (Å²) in [6, 6.07) is 0. The molecule has 0 amide bonds. The number of hydrogen-bond donors (Lipinski definition) is 2. The standard InChI is InChI=1S/C11H13BrN2O4/c1-6-8(15)4-9(18-6)14-5-7(2-3-12)10(16)13-11(14)17/h2-3,5-6,8-9,15H,4H2,1H3,(H,13,16,17)/t6-,8+,9-/m1/s1. The molecule has 1 saturated heterocycles. The molecule has 0 bridgehead atoms. The first kappa shape index (κ1) is 13.3. The Hall–Kier alpha value is -1.18. The van der Waals surface area contributed by atoms with E-state index >= 15 is 0 Å². The summed E-state index contributed by atoms with van der Waals surface area (Å²) in [5, 5.41) is 9.61. The van der Waals surface area contributed by atoms with Crippen LogP contribution in [0.15, 0.2) is 20.8 Å². The van der Waals surface area contributed by atoms with Crippen molar-refractivity contribution in [1.82, 2.24) is 9.55 Å². The summed E-state index contributed by atoms with van der Waals surface area (Å²) in [6.07, 6.45) is 1.79. The van der Waals surface area contributed by atoms with E-state index in [1.807, 2.05) is 0 Å². The summed E-state index contributed by atoms with van der Waals surface area (Å²) in [4.78, 5) is 26.9. The van der Waals surface area contributed by atoms with Gasteiger partial charge in [-0.25, -0.2) is 4.79 Å². The topological polar surface area (TPSA) is 84.3 Å². The van der Waals surface area contributed by atoms with E-state index in [-0.39, 0.29) is 6.10 Å². The monoisotopic (exact) mass is 316 g/mol. The number of nitrogens with one attached hydrogen (secondary N) is 1. The molecule has 6 nitrogen and oxygen atoms in total. The first-order chi connectivity index (χ1) is 8.52. The molecule has 98 valence electrons. The van der Waals surface area contributed by atoms with E-state index in [0.717, 1.165) is 0 Å². The Kier molecular flexibility index (Phi) is 3.84. The van der Waals surface area contributed by atoms with Crippen LogP contribution in [0, 0.1) is 0 Å². The minimum atomic E-state index is -0.607. The average molecular weight is 317 g/mol. The number of aliphatic hydroxyl groups excluding tert-OH is 1. The minimum Gasteiger partial charge on any atom is -0.390 e. The summed E-state index contributed by atoms with van der Waals surface area (Å²) < 4.78 is 6.76. The zero-order chi connectivity index (χ0) is 13.3. The van der Waals surface area contributed by atoms with Crippen molar-refractivity contribution in [3.05, 3.63) is 37.6 Å². The Morgan fingerprint density at radius 3 is 2.89 bits per heavy atom. The van der Waals surface area contributed by atoms with Crippen LogP contribution in [-0.4, -0.2) is 26.9 Å². The molecule has 2 N–H and O–H groups in total. The van der Waals surface area contributed by atoms with Crippen molar-refractivity contribution >= 4 is 22.0 Å². The molecule has 1 aromatic heterocycles. The molecule has 7 heteroatoms. The number of aliphatic hydroxyl groups is 1. The van der Waals surface area contributed by atoms with Gasteiger partial charge in [-0.1, -0.05) is 15.9 Å². The van der Waals surface area contributed by atoms with Crippen molar-refractivity contribution in [1.29, 1.82) is 0 Å². The van der Waals surface area contributed by atoms with Gasteiger partial charge in [-0.05, 0) is 18.0 Å². The Bertz CT molecular complexity index is 567. The second-order valence-electron chi connectivity index (χ2n) is 4.14. The SMILES string of the molecule is C[C@H]1O[C@@H](n2cc(C=CBr)c(=O)[nH]c2=O)C[C@@H]1O. The predicted octanol–water partition coefficient (Wildman–Crippen LogP) is 0.571. The van der Waals surface area contributed by atoms with Crippen molar-refractivity contribution in [3.8, 4) is 0 Å². The minimum absolute atomic E-state index is 0.324. The number of H-pyrrole nitrogens is 1. The van der Waals surface area contributed by atoms with Gasteiger partial charge in [0.1, 0.15) is 6.23 Å². The normalized spacial score (nSPS) is 28.1. The van der Waals surface area contributed by atoms with E-state index in [2.05, 4.69) is 20.9 Å². The number of nitrogens with zero attached hydrogens (tertiary/aromatic N) is 1. The first-order valence-electron chi connectivity index (χ1n) is 5.48. The molecule has 1 aliphatic heterocycles. The van der Waals surface area contributed by atoms with Crippen molar-refractivity contribution in [2.24, 2.45) is 0 Å². The van der Waals surface area contributed by atoms with Crippen molar-refractivity contribution in [2.75, 3.05) is 0 Å². The van der Waals surface area contributed by atoms with E-state index in [0.29, 0.717) is 12.0 Å². The van der Waals surface area contributed by atoms with Gasteiger partial charge in [-0.3, -0.25) is 14.3 Å². The highest BCUT2D eigenvalue weighted by Gasteiger charge is 2.32. The third-order valence-corrected chi connectivity index (χ3v) is 3.17. The maximum absolute atomic E-state index is 11.7. The zero-order valence-electron chi connectivity index (χ0n) is 9.67. The van der Waals surface area contributed by atoms with Gasteiger partial charge in [-0.15, -0.1) is 0 Å².